The lowest BCUT2D eigenvalue weighted by molar-refractivity contribution is 0.287. The average molecular weight is 321 g/mol. The Kier molecular flexibility index (Phi) is 7.72. The average Bonchev–Trinajstić information content (AvgIpc) is 2.48. The SMILES string of the molecule is CCOc1ccc(CCNC(=NC)NC(C)(C)C)cc1OCC. The second-order valence-electron chi connectivity index (χ2n) is 6.27. The second-order valence-corrected chi connectivity index (χ2v) is 6.27. The van der Waals surface area contributed by atoms with Crippen molar-refractivity contribution in [2.45, 2.75) is 46.6 Å². The van der Waals surface area contributed by atoms with E-state index in [1.54, 1.807) is 7.05 Å². The minimum Gasteiger partial charge on any atom is -0.490 e. The van der Waals surface area contributed by atoms with Gasteiger partial charge in [0.15, 0.2) is 17.5 Å². The molecule has 0 saturated carbocycles. The molecule has 5 heteroatoms. The quantitative estimate of drug-likeness (QED) is 0.599. The predicted octanol–water partition coefficient (Wildman–Crippen LogP) is 2.99. The van der Waals surface area contributed by atoms with Crippen molar-refractivity contribution >= 4 is 5.96 Å². The lowest BCUT2D eigenvalue weighted by Crippen LogP contribution is -2.48. The van der Waals surface area contributed by atoms with Crippen molar-refractivity contribution in [2.75, 3.05) is 26.8 Å². The molecule has 0 aliphatic rings. The molecule has 2 N–H and O–H groups in total. The van der Waals surface area contributed by atoms with Crippen LogP contribution in [0.2, 0.25) is 0 Å². The van der Waals surface area contributed by atoms with Crippen LogP contribution in [0.4, 0.5) is 0 Å². The Morgan fingerprint density at radius 3 is 2.30 bits per heavy atom. The number of nitrogens with one attached hydrogen (secondary N) is 2. The third-order valence-corrected chi connectivity index (χ3v) is 3.03. The molecule has 0 bridgehead atoms. The molecule has 0 atom stereocenters. The highest BCUT2D eigenvalue weighted by Gasteiger charge is 2.11. The molecule has 0 aliphatic heterocycles. The smallest absolute Gasteiger partial charge is 0.191 e. The molecule has 1 rings (SSSR count). The van der Waals surface area contributed by atoms with Crippen molar-refractivity contribution in [3.05, 3.63) is 23.8 Å². The second kappa shape index (κ2) is 9.28. The van der Waals surface area contributed by atoms with Crippen LogP contribution in [0.5, 0.6) is 11.5 Å². The van der Waals surface area contributed by atoms with Crippen LogP contribution in [0.15, 0.2) is 23.2 Å². The minimum atomic E-state index is -0.0108. The number of nitrogens with zero attached hydrogens (tertiary/aromatic N) is 1. The molecule has 0 spiro atoms. The summed E-state index contributed by atoms with van der Waals surface area (Å²) in [6.45, 7) is 12.4. The van der Waals surface area contributed by atoms with Crippen LogP contribution in [-0.4, -0.2) is 38.3 Å². The summed E-state index contributed by atoms with van der Waals surface area (Å²) in [5, 5.41) is 6.68. The molecule has 0 aliphatic carbocycles. The van der Waals surface area contributed by atoms with E-state index in [9.17, 15) is 0 Å². The summed E-state index contributed by atoms with van der Waals surface area (Å²) in [5.74, 6) is 2.42. The molecule has 0 saturated heterocycles. The highest BCUT2D eigenvalue weighted by molar-refractivity contribution is 5.80. The summed E-state index contributed by atoms with van der Waals surface area (Å²) in [6.07, 6.45) is 0.886. The van der Waals surface area contributed by atoms with Crippen molar-refractivity contribution in [1.82, 2.24) is 10.6 Å². The van der Waals surface area contributed by atoms with Gasteiger partial charge in [-0.05, 0) is 58.7 Å². The molecule has 0 fully saturated rings. The van der Waals surface area contributed by atoms with E-state index in [0.29, 0.717) is 13.2 Å². The molecule has 0 heterocycles. The Balaban J connectivity index is 2.62. The Morgan fingerprint density at radius 2 is 1.74 bits per heavy atom. The fourth-order valence-electron chi connectivity index (χ4n) is 2.11. The van der Waals surface area contributed by atoms with E-state index in [4.69, 9.17) is 9.47 Å². The predicted molar refractivity (Wildman–Crippen MR) is 96.7 cm³/mol. The molecule has 23 heavy (non-hydrogen) atoms. The van der Waals surface area contributed by atoms with Gasteiger partial charge < -0.3 is 20.1 Å². The Hall–Kier alpha value is -1.91. The molecule has 0 unspecified atom stereocenters. The van der Waals surface area contributed by atoms with Crippen LogP contribution in [-0.2, 0) is 6.42 Å². The monoisotopic (exact) mass is 321 g/mol. The van der Waals surface area contributed by atoms with Gasteiger partial charge >= 0.3 is 0 Å². The number of hydrogen-bond donors (Lipinski definition) is 2. The summed E-state index contributed by atoms with van der Waals surface area (Å²) in [7, 11) is 1.78. The first-order valence-corrected chi connectivity index (χ1v) is 8.27. The zero-order valence-electron chi connectivity index (χ0n) is 15.3. The van der Waals surface area contributed by atoms with Crippen LogP contribution in [0.3, 0.4) is 0 Å². The lowest BCUT2D eigenvalue weighted by atomic mass is 10.1. The molecule has 0 aromatic heterocycles. The first-order chi connectivity index (χ1) is 10.9. The standard InChI is InChI=1S/C18H31N3O2/c1-7-22-15-10-9-14(13-16(15)23-8-2)11-12-20-17(19-6)21-18(3,4)5/h9-10,13H,7-8,11-12H2,1-6H3,(H2,19,20,21). The van der Waals surface area contributed by atoms with Gasteiger partial charge in [-0.15, -0.1) is 0 Å². The van der Waals surface area contributed by atoms with Gasteiger partial charge in [0.2, 0.25) is 0 Å². The van der Waals surface area contributed by atoms with Crippen LogP contribution >= 0.6 is 0 Å². The molecule has 1 aromatic rings. The largest absolute Gasteiger partial charge is 0.490 e. The van der Waals surface area contributed by atoms with E-state index < -0.39 is 0 Å². The van der Waals surface area contributed by atoms with Gasteiger partial charge in [-0.1, -0.05) is 6.07 Å². The number of benzene rings is 1. The number of ether oxygens (including phenoxy) is 2. The molecular weight excluding hydrogens is 290 g/mol. The highest BCUT2D eigenvalue weighted by atomic mass is 16.5. The fraction of sp³-hybridized carbons (Fsp3) is 0.611. The van der Waals surface area contributed by atoms with Gasteiger partial charge in [0.25, 0.3) is 0 Å². The van der Waals surface area contributed by atoms with Gasteiger partial charge in [0, 0.05) is 19.1 Å². The normalized spacial score (nSPS) is 12.0. The fourth-order valence-corrected chi connectivity index (χ4v) is 2.11. The van der Waals surface area contributed by atoms with Gasteiger partial charge in [-0.3, -0.25) is 4.99 Å². The third kappa shape index (κ3) is 7.26. The Morgan fingerprint density at radius 1 is 1.09 bits per heavy atom. The number of aliphatic imine (C=N–C) groups is 1. The van der Waals surface area contributed by atoms with Crippen molar-refractivity contribution in [3.63, 3.8) is 0 Å². The summed E-state index contributed by atoms with van der Waals surface area (Å²) in [4.78, 5) is 4.24. The van der Waals surface area contributed by atoms with Crippen molar-refractivity contribution in [3.8, 4) is 11.5 Å². The molecule has 130 valence electrons. The maximum Gasteiger partial charge on any atom is 0.191 e. The van der Waals surface area contributed by atoms with E-state index in [1.165, 1.54) is 5.56 Å². The Labute approximate surface area is 140 Å². The van der Waals surface area contributed by atoms with E-state index in [1.807, 2.05) is 19.9 Å². The number of hydrogen-bond acceptors (Lipinski definition) is 3. The van der Waals surface area contributed by atoms with Crippen LogP contribution in [0, 0.1) is 0 Å². The van der Waals surface area contributed by atoms with Crippen LogP contribution in [0.25, 0.3) is 0 Å². The Bertz CT molecular complexity index is 507. The number of rotatable bonds is 7. The maximum atomic E-state index is 5.66. The summed E-state index contributed by atoms with van der Waals surface area (Å²) in [5.41, 5.74) is 1.19. The van der Waals surface area contributed by atoms with Gasteiger partial charge in [-0.25, -0.2) is 0 Å². The number of guanidine groups is 1. The topological polar surface area (TPSA) is 54.9 Å². The van der Waals surface area contributed by atoms with E-state index in [0.717, 1.165) is 30.4 Å². The van der Waals surface area contributed by atoms with Crippen LogP contribution in [0.1, 0.15) is 40.2 Å². The van der Waals surface area contributed by atoms with Crippen LogP contribution < -0.4 is 20.1 Å². The first kappa shape index (κ1) is 19.1. The first-order valence-electron chi connectivity index (χ1n) is 8.27. The van der Waals surface area contributed by atoms with E-state index >= 15 is 0 Å². The van der Waals surface area contributed by atoms with E-state index in [-0.39, 0.29) is 5.54 Å². The van der Waals surface area contributed by atoms with Gasteiger partial charge in [0.1, 0.15) is 0 Å². The molecule has 0 amide bonds. The van der Waals surface area contributed by atoms with Crippen molar-refractivity contribution in [2.24, 2.45) is 4.99 Å². The van der Waals surface area contributed by atoms with E-state index in [2.05, 4.69) is 48.5 Å². The molecule has 1 aromatic carbocycles. The van der Waals surface area contributed by atoms with Gasteiger partial charge in [-0.2, -0.15) is 0 Å². The van der Waals surface area contributed by atoms with Gasteiger partial charge in [0.05, 0.1) is 13.2 Å². The zero-order valence-corrected chi connectivity index (χ0v) is 15.3. The minimum absolute atomic E-state index is 0.0108. The van der Waals surface area contributed by atoms with Crippen molar-refractivity contribution < 1.29 is 9.47 Å². The summed E-state index contributed by atoms with van der Waals surface area (Å²) >= 11 is 0. The third-order valence-electron chi connectivity index (χ3n) is 3.03. The summed E-state index contributed by atoms with van der Waals surface area (Å²) in [6, 6.07) is 6.11. The van der Waals surface area contributed by atoms with Crippen molar-refractivity contribution in [1.29, 1.82) is 0 Å². The zero-order chi connectivity index (χ0) is 17.3. The molecular formula is C18H31N3O2. The highest BCUT2D eigenvalue weighted by Crippen LogP contribution is 2.28. The maximum absolute atomic E-state index is 5.66. The lowest BCUT2D eigenvalue weighted by Gasteiger charge is -2.23. The summed E-state index contributed by atoms with van der Waals surface area (Å²) < 4.78 is 11.3. The molecule has 0 radical (unpaired) electrons. The molecule has 5 nitrogen and oxygen atoms in total.